The largest absolute Gasteiger partial charge is 0.387 e. The van der Waals surface area contributed by atoms with Crippen LogP contribution in [-0.4, -0.2) is 14.9 Å². The van der Waals surface area contributed by atoms with Crippen molar-refractivity contribution >= 4 is 22.2 Å². The van der Waals surface area contributed by atoms with E-state index >= 15 is 0 Å². The van der Waals surface area contributed by atoms with E-state index in [1.807, 2.05) is 34.3 Å². The van der Waals surface area contributed by atoms with Crippen LogP contribution in [0.15, 0.2) is 41.8 Å². The molecular weight excluding hydrogens is 256 g/mol. The molecule has 2 aromatic heterocycles. The van der Waals surface area contributed by atoms with Gasteiger partial charge in [-0.15, -0.1) is 11.3 Å². The van der Waals surface area contributed by atoms with Gasteiger partial charge in [0.1, 0.15) is 0 Å². The molecular formula is C15H16N2OS. The fourth-order valence-corrected chi connectivity index (χ4v) is 3.06. The number of aliphatic hydroxyl groups is 1. The Labute approximate surface area is 116 Å². The van der Waals surface area contributed by atoms with Gasteiger partial charge in [0.15, 0.2) is 0 Å². The van der Waals surface area contributed by atoms with E-state index in [4.69, 9.17) is 0 Å². The van der Waals surface area contributed by atoms with Crippen LogP contribution in [0.5, 0.6) is 0 Å². The number of fused-ring (bicyclic) bond motifs is 1. The van der Waals surface area contributed by atoms with Gasteiger partial charge < -0.3 is 5.11 Å². The fraction of sp³-hybridized carbons (Fsp3) is 0.267. The smallest absolute Gasteiger partial charge is 0.0938 e. The van der Waals surface area contributed by atoms with Crippen LogP contribution in [0.25, 0.3) is 10.9 Å². The molecule has 2 heterocycles. The van der Waals surface area contributed by atoms with E-state index in [2.05, 4.69) is 24.2 Å². The summed E-state index contributed by atoms with van der Waals surface area (Å²) >= 11 is 1.58. The Morgan fingerprint density at radius 1 is 1.26 bits per heavy atom. The second kappa shape index (κ2) is 5.15. The molecule has 98 valence electrons. The number of aromatic nitrogens is 2. The molecule has 0 amide bonds. The summed E-state index contributed by atoms with van der Waals surface area (Å²) < 4.78 is 1.99. The summed E-state index contributed by atoms with van der Waals surface area (Å²) in [6.07, 6.45) is 0.0946. The molecule has 0 spiro atoms. The third-order valence-corrected chi connectivity index (χ3v) is 4.27. The molecule has 0 saturated heterocycles. The average Bonchev–Trinajstić information content (AvgIpc) is 3.07. The Morgan fingerprint density at radius 3 is 2.84 bits per heavy atom. The van der Waals surface area contributed by atoms with Crippen molar-refractivity contribution in [3.05, 3.63) is 52.3 Å². The van der Waals surface area contributed by atoms with Gasteiger partial charge >= 0.3 is 0 Å². The predicted octanol–water partition coefficient (Wildman–Crippen LogP) is 3.39. The van der Waals surface area contributed by atoms with Crippen LogP contribution in [0.4, 0.5) is 0 Å². The zero-order valence-electron chi connectivity index (χ0n) is 10.8. The van der Waals surface area contributed by atoms with E-state index in [0.717, 1.165) is 28.0 Å². The number of hydrogen-bond acceptors (Lipinski definition) is 3. The molecule has 1 N–H and O–H groups in total. The van der Waals surface area contributed by atoms with Crippen LogP contribution >= 0.6 is 11.3 Å². The first-order valence-corrected chi connectivity index (χ1v) is 7.33. The molecule has 0 aliphatic rings. The lowest BCUT2D eigenvalue weighted by atomic mass is 10.1. The first kappa shape index (κ1) is 12.4. The number of nitrogens with zero attached hydrogens (tertiary/aromatic N) is 2. The molecule has 0 fully saturated rings. The Morgan fingerprint density at radius 2 is 2.11 bits per heavy atom. The Kier molecular flexibility index (Phi) is 3.36. The van der Waals surface area contributed by atoms with Gasteiger partial charge in [0.05, 0.1) is 17.3 Å². The predicted molar refractivity (Wildman–Crippen MR) is 78.4 cm³/mol. The maximum absolute atomic E-state index is 10.3. The maximum Gasteiger partial charge on any atom is 0.0938 e. The van der Waals surface area contributed by atoms with Crippen molar-refractivity contribution in [3.8, 4) is 0 Å². The molecule has 0 aliphatic heterocycles. The van der Waals surface area contributed by atoms with Crippen molar-refractivity contribution in [2.75, 3.05) is 0 Å². The molecule has 1 atom stereocenters. The van der Waals surface area contributed by atoms with Gasteiger partial charge in [-0.05, 0) is 24.4 Å². The molecule has 1 aromatic carbocycles. The molecule has 3 aromatic rings. The topological polar surface area (TPSA) is 38.0 Å². The van der Waals surface area contributed by atoms with Gasteiger partial charge in [-0.3, -0.25) is 4.68 Å². The first-order chi connectivity index (χ1) is 9.29. The monoisotopic (exact) mass is 272 g/mol. The molecule has 0 aliphatic carbocycles. The lowest BCUT2D eigenvalue weighted by Crippen LogP contribution is -2.02. The summed E-state index contributed by atoms with van der Waals surface area (Å²) in [6, 6.07) is 12.1. The highest BCUT2D eigenvalue weighted by Gasteiger charge is 2.15. The molecule has 0 saturated carbocycles. The zero-order chi connectivity index (χ0) is 13.2. The minimum absolute atomic E-state index is 0.469. The number of aryl methyl sites for hydroxylation is 1. The van der Waals surface area contributed by atoms with E-state index in [-0.39, 0.29) is 0 Å². The molecule has 3 nitrogen and oxygen atoms in total. The Balaban J connectivity index is 1.97. The van der Waals surface area contributed by atoms with E-state index in [1.165, 1.54) is 0 Å². The Hall–Kier alpha value is -1.65. The van der Waals surface area contributed by atoms with Crippen molar-refractivity contribution in [1.82, 2.24) is 9.78 Å². The quantitative estimate of drug-likeness (QED) is 0.790. The zero-order valence-corrected chi connectivity index (χ0v) is 11.6. The number of thiophene rings is 1. The minimum atomic E-state index is -0.469. The fourth-order valence-electron chi connectivity index (χ4n) is 2.35. The lowest BCUT2D eigenvalue weighted by molar-refractivity contribution is 0.181. The normalized spacial score (nSPS) is 12.9. The summed E-state index contributed by atoms with van der Waals surface area (Å²) in [5.41, 5.74) is 2.11. The number of benzene rings is 1. The molecule has 0 bridgehead atoms. The molecule has 0 radical (unpaired) electrons. The maximum atomic E-state index is 10.3. The molecule has 3 rings (SSSR count). The van der Waals surface area contributed by atoms with Gasteiger partial charge in [-0.1, -0.05) is 24.3 Å². The van der Waals surface area contributed by atoms with Crippen LogP contribution < -0.4 is 0 Å². The van der Waals surface area contributed by atoms with E-state index < -0.39 is 6.10 Å². The third-order valence-electron chi connectivity index (χ3n) is 3.29. The lowest BCUT2D eigenvalue weighted by Gasteiger charge is -2.06. The molecule has 1 unspecified atom stereocenters. The van der Waals surface area contributed by atoms with Crippen LogP contribution in [0.3, 0.4) is 0 Å². The highest BCUT2D eigenvalue weighted by molar-refractivity contribution is 7.10. The number of aliphatic hydroxyl groups excluding tert-OH is 1. The van der Waals surface area contributed by atoms with Gasteiger partial charge in [-0.2, -0.15) is 5.10 Å². The second-order valence-corrected chi connectivity index (χ2v) is 5.49. The van der Waals surface area contributed by atoms with Crippen molar-refractivity contribution in [1.29, 1.82) is 0 Å². The van der Waals surface area contributed by atoms with Gasteiger partial charge in [0.2, 0.25) is 0 Å². The third kappa shape index (κ3) is 2.29. The SMILES string of the molecule is CCn1nc(CC(O)c2cccs2)c2ccccc21. The second-order valence-electron chi connectivity index (χ2n) is 4.51. The van der Waals surface area contributed by atoms with Crippen molar-refractivity contribution in [3.63, 3.8) is 0 Å². The Bertz CT molecular complexity index is 673. The van der Waals surface area contributed by atoms with Crippen LogP contribution in [-0.2, 0) is 13.0 Å². The number of rotatable bonds is 4. The van der Waals surface area contributed by atoms with E-state index in [9.17, 15) is 5.11 Å². The molecule has 19 heavy (non-hydrogen) atoms. The van der Waals surface area contributed by atoms with Crippen molar-refractivity contribution in [2.45, 2.75) is 26.0 Å². The summed E-state index contributed by atoms with van der Waals surface area (Å²) in [6.45, 7) is 2.93. The number of hydrogen-bond donors (Lipinski definition) is 1. The van der Waals surface area contributed by atoms with Crippen LogP contribution in [0.2, 0.25) is 0 Å². The first-order valence-electron chi connectivity index (χ1n) is 6.45. The van der Waals surface area contributed by atoms with Gasteiger partial charge in [0.25, 0.3) is 0 Å². The van der Waals surface area contributed by atoms with Gasteiger partial charge in [0, 0.05) is 23.2 Å². The summed E-state index contributed by atoms with van der Waals surface area (Å²) in [4.78, 5) is 0.995. The van der Waals surface area contributed by atoms with Crippen molar-refractivity contribution in [2.24, 2.45) is 0 Å². The number of para-hydroxylation sites is 1. The van der Waals surface area contributed by atoms with Crippen LogP contribution in [0.1, 0.15) is 23.6 Å². The van der Waals surface area contributed by atoms with Crippen LogP contribution in [0, 0.1) is 0 Å². The van der Waals surface area contributed by atoms with Gasteiger partial charge in [-0.25, -0.2) is 0 Å². The summed E-state index contributed by atoms with van der Waals surface area (Å²) in [5.74, 6) is 0. The average molecular weight is 272 g/mol. The van der Waals surface area contributed by atoms with Crippen molar-refractivity contribution < 1.29 is 5.11 Å². The van der Waals surface area contributed by atoms with E-state index in [0.29, 0.717) is 6.42 Å². The standard InChI is InChI=1S/C15H16N2OS/c1-2-17-13-7-4-3-6-11(13)12(16-17)10-14(18)15-8-5-9-19-15/h3-9,14,18H,2,10H2,1H3. The highest BCUT2D eigenvalue weighted by Crippen LogP contribution is 2.26. The molecule has 4 heteroatoms. The summed E-state index contributed by atoms with van der Waals surface area (Å²) in [7, 11) is 0. The highest BCUT2D eigenvalue weighted by atomic mass is 32.1. The summed E-state index contributed by atoms with van der Waals surface area (Å²) in [5, 5.41) is 18.0. The minimum Gasteiger partial charge on any atom is -0.387 e. The van der Waals surface area contributed by atoms with E-state index in [1.54, 1.807) is 11.3 Å².